The molecule has 1 aromatic carbocycles. The van der Waals surface area contributed by atoms with Crippen LogP contribution in [0.2, 0.25) is 0 Å². The van der Waals surface area contributed by atoms with Crippen molar-refractivity contribution in [3.05, 3.63) is 34.2 Å². The zero-order chi connectivity index (χ0) is 10.7. The Labute approximate surface area is 82.5 Å². The lowest BCUT2D eigenvalue weighted by Crippen LogP contribution is -2.22. The molecule has 0 heterocycles. The summed E-state index contributed by atoms with van der Waals surface area (Å²) in [6.45, 7) is 4.99. The van der Waals surface area contributed by atoms with Crippen LogP contribution in [0.4, 0.5) is 5.69 Å². The second-order valence-electron chi connectivity index (χ2n) is 3.15. The van der Waals surface area contributed by atoms with Gasteiger partial charge in [0.15, 0.2) is 0 Å². The third-order valence-corrected chi connectivity index (χ3v) is 2.03. The average molecular weight is 192 g/mol. The fourth-order valence-corrected chi connectivity index (χ4v) is 1.40. The summed E-state index contributed by atoms with van der Waals surface area (Å²) < 4.78 is 0. The fraction of sp³-hybridized carbons (Fsp3) is 0.300. The van der Waals surface area contributed by atoms with Gasteiger partial charge in [-0.1, -0.05) is 18.2 Å². The number of hydrogen-bond acceptors (Lipinski definition) is 3. The molecule has 0 unspecified atom stereocenters. The van der Waals surface area contributed by atoms with E-state index in [9.17, 15) is 9.70 Å². The topological polar surface area (TPSA) is 49.7 Å². The third-order valence-electron chi connectivity index (χ3n) is 2.03. The summed E-state index contributed by atoms with van der Waals surface area (Å²) in [6, 6.07) is 5.55. The van der Waals surface area contributed by atoms with Crippen molar-refractivity contribution in [2.24, 2.45) is 5.29 Å². The molecule has 0 fully saturated rings. The Hall–Kier alpha value is -1.71. The van der Waals surface area contributed by atoms with Crippen LogP contribution >= 0.6 is 0 Å². The molecule has 0 saturated heterocycles. The Morgan fingerprint density at radius 3 is 2.14 bits per heavy atom. The molecule has 4 nitrogen and oxygen atoms in total. The van der Waals surface area contributed by atoms with Gasteiger partial charge < -0.3 is 0 Å². The van der Waals surface area contributed by atoms with Gasteiger partial charge >= 0.3 is 0 Å². The van der Waals surface area contributed by atoms with Gasteiger partial charge in [0, 0.05) is 6.92 Å². The van der Waals surface area contributed by atoms with Crippen molar-refractivity contribution in [1.29, 1.82) is 0 Å². The summed E-state index contributed by atoms with van der Waals surface area (Å²) in [5, 5.41) is 3.59. The molecule has 0 aliphatic carbocycles. The van der Waals surface area contributed by atoms with E-state index in [2.05, 4.69) is 5.29 Å². The number of carbonyl (C=O) groups is 1. The van der Waals surface area contributed by atoms with E-state index in [1.807, 2.05) is 32.0 Å². The van der Waals surface area contributed by atoms with Crippen LogP contribution in [-0.4, -0.2) is 5.91 Å². The molecule has 0 aliphatic heterocycles. The van der Waals surface area contributed by atoms with Crippen molar-refractivity contribution in [1.82, 2.24) is 0 Å². The fourth-order valence-electron chi connectivity index (χ4n) is 1.40. The predicted molar refractivity (Wildman–Crippen MR) is 54.9 cm³/mol. The number of carbonyl (C=O) groups excluding carboxylic acids is 1. The number of para-hydroxylation sites is 1. The molecule has 14 heavy (non-hydrogen) atoms. The van der Waals surface area contributed by atoms with Gasteiger partial charge in [0.2, 0.25) is 5.91 Å². The maximum Gasteiger partial charge on any atom is 0.246 e. The van der Waals surface area contributed by atoms with Gasteiger partial charge in [0.05, 0.1) is 11.0 Å². The van der Waals surface area contributed by atoms with Gasteiger partial charge in [0.1, 0.15) is 0 Å². The van der Waals surface area contributed by atoms with E-state index in [0.29, 0.717) is 5.69 Å². The highest BCUT2D eigenvalue weighted by Crippen LogP contribution is 2.24. The van der Waals surface area contributed by atoms with Gasteiger partial charge in [-0.3, -0.25) is 4.79 Å². The van der Waals surface area contributed by atoms with Crippen molar-refractivity contribution < 1.29 is 4.79 Å². The van der Waals surface area contributed by atoms with E-state index in [4.69, 9.17) is 0 Å². The van der Waals surface area contributed by atoms with Crippen LogP contribution < -0.4 is 5.01 Å². The standard InChI is InChI=1S/C10H12N2O2/c1-7-5-4-6-8(2)10(7)12(11-14)9(3)13/h4-6H,1-3H3. The van der Waals surface area contributed by atoms with Crippen molar-refractivity contribution in [2.45, 2.75) is 20.8 Å². The van der Waals surface area contributed by atoms with E-state index in [1.165, 1.54) is 6.92 Å². The van der Waals surface area contributed by atoms with Crippen molar-refractivity contribution >= 4 is 11.6 Å². The Bertz CT molecular complexity index is 354. The van der Waals surface area contributed by atoms with Crippen molar-refractivity contribution in [3.63, 3.8) is 0 Å². The molecule has 1 amide bonds. The second kappa shape index (κ2) is 4.00. The zero-order valence-electron chi connectivity index (χ0n) is 8.44. The van der Waals surface area contributed by atoms with Crippen LogP contribution in [0.25, 0.3) is 0 Å². The molecule has 0 bridgehead atoms. The normalized spacial score (nSPS) is 9.64. The van der Waals surface area contributed by atoms with Crippen LogP contribution in [0.5, 0.6) is 0 Å². The van der Waals surface area contributed by atoms with Gasteiger partial charge in [-0.15, -0.1) is 4.91 Å². The summed E-state index contributed by atoms with van der Waals surface area (Å²) in [7, 11) is 0. The van der Waals surface area contributed by atoms with E-state index in [-0.39, 0.29) is 5.91 Å². The predicted octanol–water partition coefficient (Wildman–Crippen LogP) is 2.34. The number of hydrogen-bond donors (Lipinski definition) is 0. The van der Waals surface area contributed by atoms with Crippen LogP contribution in [0.3, 0.4) is 0 Å². The molecule has 0 radical (unpaired) electrons. The molecule has 0 saturated carbocycles. The lowest BCUT2D eigenvalue weighted by atomic mass is 10.1. The monoisotopic (exact) mass is 192 g/mol. The summed E-state index contributed by atoms with van der Waals surface area (Å²) in [4.78, 5) is 21.6. The molecular weight excluding hydrogens is 180 g/mol. The quantitative estimate of drug-likeness (QED) is 0.533. The first-order valence-corrected chi connectivity index (χ1v) is 4.28. The van der Waals surface area contributed by atoms with Crippen LogP contribution in [0.1, 0.15) is 18.1 Å². The minimum Gasteiger partial charge on any atom is -0.273 e. The molecule has 1 rings (SSSR count). The Morgan fingerprint density at radius 2 is 1.79 bits per heavy atom. The minimum absolute atomic E-state index is 0.377. The number of nitroso groups, excluding NO2 is 1. The van der Waals surface area contributed by atoms with Crippen molar-refractivity contribution in [2.75, 3.05) is 5.01 Å². The summed E-state index contributed by atoms with van der Waals surface area (Å²) in [5.74, 6) is -0.377. The maximum atomic E-state index is 11.1. The molecule has 0 aromatic heterocycles. The van der Waals surface area contributed by atoms with E-state index >= 15 is 0 Å². The lowest BCUT2D eigenvalue weighted by Gasteiger charge is -2.15. The number of rotatable bonds is 2. The first-order chi connectivity index (χ1) is 6.57. The number of anilines is 1. The average Bonchev–Trinajstić information content (AvgIpc) is 2.10. The molecule has 74 valence electrons. The first kappa shape index (κ1) is 10.4. The highest BCUT2D eigenvalue weighted by atomic mass is 16.3. The number of nitrogens with zero attached hydrogens (tertiary/aromatic N) is 2. The smallest absolute Gasteiger partial charge is 0.246 e. The van der Waals surface area contributed by atoms with Gasteiger partial charge in [0.25, 0.3) is 0 Å². The maximum absolute atomic E-state index is 11.1. The first-order valence-electron chi connectivity index (χ1n) is 4.28. The SMILES string of the molecule is CC(=O)N(N=O)c1c(C)cccc1C. The number of amides is 1. The Morgan fingerprint density at radius 1 is 1.29 bits per heavy atom. The van der Waals surface area contributed by atoms with Gasteiger partial charge in [-0.05, 0) is 25.0 Å². The lowest BCUT2D eigenvalue weighted by molar-refractivity contribution is -0.116. The third kappa shape index (κ3) is 1.79. The molecule has 0 spiro atoms. The zero-order valence-corrected chi connectivity index (χ0v) is 8.44. The van der Waals surface area contributed by atoms with Crippen LogP contribution in [0.15, 0.2) is 23.5 Å². The molecule has 0 aliphatic rings. The summed E-state index contributed by atoms with van der Waals surface area (Å²) in [5.41, 5.74) is 2.30. The van der Waals surface area contributed by atoms with Crippen molar-refractivity contribution in [3.8, 4) is 0 Å². The van der Waals surface area contributed by atoms with E-state index < -0.39 is 0 Å². The van der Waals surface area contributed by atoms with Gasteiger partial charge in [-0.2, -0.15) is 5.01 Å². The summed E-state index contributed by atoms with van der Waals surface area (Å²) in [6.07, 6.45) is 0. The highest BCUT2D eigenvalue weighted by molar-refractivity contribution is 5.92. The van der Waals surface area contributed by atoms with Crippen LogP contribution in [-0.2, 0) is 4.79 Å². The molecule has 0 atom stereocenters. The highest BCUT2D eigenvalue weighted by Gasteiger charge is 2.16. The van der Waals surface area contributed by atoms with Gasteiger partial charge in [-0.25, -0.2) is 0 Å². The largest absolute Gasteiger partial charge is 0.273 e. The minimum atomic E-state index is -0.377. The van der Waals surface area contributed by atoms with E-state index in [0.717, 1.165) is 16.1 Å². The second-order valence-corrected chi connectivity index (χ2v) is 3.15. The molecule has 4 heteroatoms. The Kier molecular flexibility index (Phi) is 2.96. The summed E-state index contributed by atoms with van der Waals surface area (Å²) >= 11 is 0. The Balaban J connectivity index is 3.28. The van der Waals surface area contributed by atoms with E-state index in [1.54, 1.807) is 0 Å². The molecular formula is C10H12N2O2. The molecule has 1 aromatic rings. The molecule has 0 N–H and O–H groups in total. The number of benzene rings is 1. The van der Waals surface area contributed by atoms with Crippen LogP contribution in [0, 0.1) is 18.8 Å². The number of aryl methyl sites for hydroxylation is 2.